The molecule has 2 radical (unpaired) electrons. The summed E-state index contributed by atoms with van der Waals surface area (Å²) in [7, 11) is 0. The Morgan fingerprint density at radius 2 is 0.727 bits per heavy atom. The molecule has 0 aliphatic carbocycles. The van der Waals surface area contributed by atoms with Crippen LogP contribution in [0.15, 0.2) is 0 Å². The Morgan fingerprint density at radius 1 is 0.545 bits per heavy atom. The molecule has 0 saturated carbocycles. The molecule has 0 aliphatic rings. The van der Waals surface area contributed by atoms with Crippen LogP contribution in [0.3, 0.4) is 0 Å². The molecule has 0 aliphatic heterocycles. The maximum absolute atomic E-state index is 10.4. The van der Waals surface area contributed by atoms with Crippen LogP contribution in [-0.2, 0) is 53.3 Å². The Balaban J connectivity index is -0.00000180. The van der Waals surface area contributed by atoms with Crippen molar-refractivity contribution in [1.29, 1.82) is 0 Å². The van der Waals surface area contributed by atoms with Crippen molar-refractivity contribution in [3.8, 4) is 0 Å². The van der Waals surface area contributed by atoms with Gasteiger partial charge in [-0.1, -0.05) is 0 Å². The van der Waals surface area contributed by atoms with Crippen LogP contribution in [0.5, 0.6) is 0 Å². The number of hydrogen-bond donors (Lipinski definition) is 0. The molecular formula is C10H12Cu2N2O8. The van der Waals surface area contributed by atoms with Crippen molar-refractivity contribution in [3.63, 3.8) is 0 Å². The predicted octanol–water partition coefficient (Wildman–Crippen LogP) is -7.42. The molecule has 0 heterocycles. The molecule has 10 nitrogen and oxygen atoms in total. The van der Waals surface area contributed by atoms with E-state index in [9.17, 15) is 39.6 Å². The van der Waals surface area contributed by atoms with Crippen molar-refractivity contribution >= 4 is 23.9 Å². The maximum atomic E-state index is 10.4. The van der Waals surface area contributed by atoms with Gasteiger partial charge in [-0.25, -0.2) is 0 Å². The summed E-state index contributed by atoms with van der Waals surface area (Å²) in [5.74, 6) is -6.12. The second kappa shape index (κ2) is 13.5. The predicted molar refractivity (Wildman–Crippen MR) is 52.9 cm³/mol. The minimum Gasteiger partial charge on any atom is -0.549 e. The number of rotatable bonds is 11. The summed E-state index contributed by atoms with van der Waals surface area (Å²) < 4.78 is 0. The summed E-state index contributed by atoms with van der Waals surface area (Å²) >= 11 is 0. The van der Waals surface area contributed by atoms with Gasteiger partial charge in [0, 0.05) is 39.3 Å². The summed E-state index contributed by atoms with van der Waals surface area (Å²) in [5.41, 5.74) is 0. The first-order chi connectivity index (χ1) is 9.20. The van der Waals surface area contributed by atoms with Gasteiger partial charge in [0.25, 0.3) is 0 Å². The summed E-state index contributed by atoms with van der Waals surface area (Å²) in [6.07, 6.45) is 0. The monoisotopic (exact) mass is 414 g/mol. The molecule has 0 aromatic rings. The fourth-order valence-electron chi connectivity index (χ4n) is 1.44. The number of carbonyl (C=O) groups excluding carboxylic acids is 4. The molecule has 0 aromatic heterocycles. The zero-order valence-corrected chi connectivity index (χ0v) is 12.9. The topological polar surface area (TPSA) is 167 Å². The molecule has 22 heavy (non-hydrogen) atoms. The molecule has 132 valence electrons. The van der Waals surface area contributed by atoms with E-state index in [0.29, 0.717) is 0 Å². The molecule has 0 atom stereocenters. The average Bonchev–Trinajstić information content (AvgIpc) is 2.22. The molecule has 0 spiro atoms. The van der Waals surface area contributed by atoms with E-state index in [1.165, 1.54) is 0 Å². The number of nitrogens with zero attached hydrogens (tertiary/aromatic N) is 2. The fraction of sp³-hybridized carbons (Fsp3) is 0.600. The van der Waals surface area contributed by atoms with Gasteiger partial charge < -0.3 is 39.6 Å². The number of carboxylic acid groups (broad SMARTS) is 4. The third kappa shape index (κ3) is 15.2. The van der Waals surface area contributed by atoms with E-state index in [2.05, 4.69) is 0 Å². The fourth-order valence-corrected chi connectivity index (χ4v) is 1.44. The second-order valence-electron chi connectivity index (χ2n) is 3.91. The van der Waals surface area contributed by atoms with Crippen LogP contribution >= 0.6 is 0 Å². The smallest absolute Gasteiger partial charge is 0.549 e. The van der Waals surface area contributed by atoms with E-state index < -0.39 is 50.1 Å². The van der Waals surface area contributed by atoms with Crippen molar-refractivity contribution in [2.24, 2.45) is 0 Å². The molecule has 0 fully saturated rings. The summed E-state index contributed by atoms with van der Waals surface area (Å²) in [5, 5.41) is 41.6. The van der Waals surface area contributed by atoms with Crippen LogP contribution in [0, 0.1) is 0 Å². The zero-order chi connectivity index (χ0) is 15.7. The second-order valence-corrected chi connectivity index (χ2v) is 3.91. The Labute approximate surface area is 147 Å². The Morgan fingerprint density at radius 3 is 0.864 bits per heavy atom. The first-order valence-corrected chi connectivity index (χ1v) is 5.44. The van der Waals surface area contributed by atoms with Gasteiger partial charge in [-0.3, -0.25) is 9.80 Å². The van der Waals surface area contributed by atoms with E-state index in [-0.39, 0.29) is 47.2 Å². The molecule has 12 heteroatoms. The molecule has 0 rings (SSSR count). The van der Waals surface area contributed by atoms with E-state index in [1.54, 1.807) is 0 Å². The Kier molecular flexibility index (Phi) is 15.8. The summed E-state index contributed by atoms with van der Waals surface area (Å²) in [4.78, 5) is 43.4. The Hall–Kier alpha value is -1.16. The quantitative estimate of drug-likeness (QED) is 0.296. The number of carbonyl (C=O) groups is 4. The molecule has 0 amide bonds. The van der Waals surface area contributed by atoms with Crippen molar-refractivity contribution < 1.29 is 73.7 Å². The molecule has 0 bridgehead atoms. The standard InChI is InChI=1S/C10H16N2O8.2Cu/c13-7(14)3-11(4-8(15)16)1-2-12(5-9(17)18)6-10(19)20;;/h1-6H2,(H,13,14)(H,15,16)(H,17,18)(H,19,20);;/q;2*+2/p-4. The van der Waals surface area contributed by atoms with Gasteiger partial charge in [0.2, 0.25) is 0 Å². The zero-order valence-electron chi connectivity index (χ0n) is 11.0. The van der Waals surface area contributed by atoms with Crippen LogP contribution in [-0.4, -0.2) is 72.9 Å². The minimum absolute atomic E-state index is 0. The van der Waals surface area contributed by atoms with E-state index in [4.69, 9.17) is 0 Å². The Bertz CT molecular complexity index is 325. The minimum atomic E-state index is -1.53. The summed E-state index contributed by atoms with van der Waals surface area (Å²) in [6.45, 7) is -3.25. The average molecular weight is 415 g/mol. The molecule has 0 N–H and O–H groups in total. The van der Waals surface area contributed by atoms with Gasteiger partial charge in [0.15, 0.2) is 0 Å². The van der Waals surface area contributed by atoms with E-state index in [1.807, 2.05) is 0 Å². The van der Waals surface area contributed by atoms with Crippen LogP contribution in [0.4, 0.5) is 0 Å². The van der Waals surface area contributed by atoms with Crippen LogP contribution in [0.1, 0.15) is 0 Å². The van der Waals surface area contributed by atoms with E-state index in [0.717, 1.165) is 9.80 Å². The molecule has 0 saturated heterocycles. The van der Waals surface area contributed by atoms with Crippen molar-refractivity contribution in [3.05, 3.63) is 0 Å². The normalized spacial score (nSPS) is 9.73. The van der Waals surface area contributed by atoms with Gasteiger partial charge in [0.05, 0.1) is 23.9 Å². The van der Waals surface area contributed by atoms with Gasteiger partial charge in [-0.15, -0.1) is 0 Å². The van der Waals surface area contributed by atoms with Crippen LogP contribution < -0.4 is 20.4 Å². The van der Waals surface area contributed by atoms with Gasteiger partial charge >= 0.3 is 34.1 Å². The van der Waals surface area contributed by atoms with Crippen LogP contribution in [0.25, 0.3) is 0 Å². The summed E-state index contributed by atoms with van der Waals surface area (Å²) in [6, 6.07) is 0. The van der Waals surface area contributed by atoms with Gasteiger partial charge in [0.1, 0.15) is 0 Å². The van der Waals surface area contributed by atoms with Gasteiger partial charge in [-0.2, -0.15) is 0 Å². The SMILES string of the molecule is O=C([O-])CN(CCN(CC(=O)[O-])CC(=O)[O-])CC(=O)[O-].[Cu+2].[Cu+2]. The van der Waals surface area contributed by atoms with Crippen LogP contribution in [0.2, 0.25) is 0 Å². The largest absolute Gasteiger partial charge is 2.00 e. The first-order valence-electron chi connectivity index (χ1n) is 5.44. The number of carboxylic acids is 4. The number of hydrogen-bond acceptors (Lipinski definition) is 10. The third-order valence-electron chi connectivity index (χ3n) is 2.14. The van der Waals surface area contributed by atoms with Crippen molar-refractivity contribution in [2.75, 3.05) is 39.3 Å². The van der Waals surface area contributed by atoms with Gasteiger partial charge in [-0.05, 0) is 0 Å². The molecule has 0 unspecified atom stereocenters. The molecule has 0 aromatic carbocycles. The van der Waals surface area contributed by atoms with Crippen molar-refractivity contribution in [2.45, 2.75) is 0 Å². The molecular weight excluding hydrogens is 403 g/mol. The number of aliphatic carboxylic acids is 4. The first kappa shape index (κ1) is 25.8. The van der Waals surface area contributed by atoms with E-state index >= 15 is 0 Å². The maximum Gasteiger partial charge on any atom is 2.00 e. The third-order valence-corrected chi connectivity index (χ3v) is 2.14. The van der Waals surface area contributed by atoms with Crippen molar-refractivity contribution in [1.82, 2.24) is 9.80 Å².